The van der Waals surface area contributed by atoms with Crippen LogP contribution in [-0.4, -0.2) is 0 Å². The maximum atomic E-state index is 13.7. The maximum absolute atomic E-state index is 13.7. The summed E-state index contributed by atoms with van der Waals surface area (Å²) < 4.78 is 1.29. The van der Waals surface area contributed by atoms with Gasteiger partial charge in [-0.15, -0.1) is 0 Å². The predicted octanol–water partition coefficient (Wildman–Crippen LogP) is 11.3. The Bertz CT molecular complexity index is 1530. The van der Waals surface area contributed by atoms with Crippen molar-refractivity contribution in [1.82, 2.24) is 0 Å². The van der Waals surface area contributed by atoms with Gasteiger partial charge in [-0.25, -0.2) is 0 Å². The molecular formula is C36H46Br2O2. The molecule has 0 bridgehead atoms. The fraction of sp³-hybridized carbons (Fsp3) is 0.556. The minimum Gasteiger partial charge on any atom is -0.288 e. The van der Waals surface area contributed by atoms with E-state index in [1.54, 1.807) is 0 Å². The SMILES string of the molecule is CCCCCCC(CC)Cc1c2cc3c(=O)c(Br)cc3cc2c(CC(CC)CCCCCC)c2c(=O)c(Br)cc12. The Labute approximate surface area is 257 Å². The van der Waals surface area contributed by atoms with Crippen LogP contribution in [0.15, 0.2) is 42.8 Å². The fourth-order valence-corrected chi connectivity index (χ4v) is 7.60. The number of fused-ring (bicyclic) bond motifs is 3. The van der Waals surface area contributed by atoms with Crippen LogP contribution in [0.5, 0.6) is 0 Å². The van der Waals surface area contributed by atoms with E-state index in [9.17, 15) is 9.59 Å². The van der Waals surface area contributed by atoms with Gasteiger partial charge in [0, 0.05) is 10.8 Å². The Kier molecular flexibility index (Phi) is 11.5. The first-order valence-electron chi connectivity index (χ1n) is 15.8. The maximum Gasteiger partial charge on any atom is 0.200 e. The molecule has 0 amide bonds. The number of unbranched alkanes of at least 4 members (excludes halogenated alkanes) is 6. The fourth-order valence-electron chi connectivity index (χ4n) is 6.72. The lowest BCUT2D eigenvalue weighted by atomic mass is 9.82. The van der Waals surface area contributed by atoms with Crippen molar-refractivity contribution in [2.75, 3.05) is 0 Å². The molecule has 4 aromatic carbocycles. The molecule has 2 nitrogen and oxygen atoms in total. The zero-order valence-electron chi connectivity index (χ0n) is 24.9. The minimum absolute atomic E-state index is 0.0617. The van der Waals surface area contributed by atoms with Crippen molar-refractivity contribution in [3.05, 3.63) is 64.8 Å². The van der Waals surface area contributed by atoms with Gasteiger partial charge in [0.1, 0.15) is 0 Å². The van der Waals surface area contributed by atoms with Crippen molar-refractivity contribution in [3.63, 3.8) is 0 Å². The molecular weight excluding hydrogens is 624 g/mol. The number of hydrogen-bond donors (Lipinski definition) is 0. The normalized spacial score (nSPS) is 13.7. The molecule has 2 atom stereocenters. The van der Waals surface area contributed by atoms with Crippen LogP contribution >= 0.6 is 31.9 Å². The van der Waals surface area contributed by atoms with E-state index >= 15 is 0 Å². The van der Waals surface area contributed by atoms with Crippen molar-refractivity contribution in [1.29, 1.82) is 0 Å². The van der Waals surface area contributed by atoms with E-state index < -0.39 is 0 Å². The molecule has 0 aliphatic rings. The quantitative estimate of drug-likeness (QED) is 0.111. The summed E-state index contributed by atoms with van der Waals surface area (Å²) in [4.78, 5) is 26.8. The summed E-state index contributed by atoms with van der Waals surface area (Å²) in [7, 11) is 0. The highest BCUT2D eigenvalue weighted by Gasteiger charge is 2.24. The summed E-state index contributed by atoms with van der Waals surface area (Å²) in [6.07, 6.45) is 16.6. The molecule has 0 saturated heterocycles. The second-order valence-electron chi connectivity index (χ2n) is 12.0. The molecule has 0 aromatic heterocycles. The van der Waals surface area contributed by atoms with Crippen molar-refractivity contribution < 1.29 is 0 Å². The molecule has 216 valence electrons. The summed E-state index contributed by atoms with van der Waals surface area (Å²) in [6, 6.07) is 8.38. The summed E-state index contributed by atoms with van der Waals surface area (Å²) >= 11 is 7.12. The predicted molar refractivity (Wildman–Crippen MR) is 182 cm³/mol. The Morgan fingerprint density at radius 1 is 0.575 bits per heavy atom. The lowest BCUT2D eigenvalue weighted by Gasteiger charge is -2.22. The van der Waals surface area contributed by atoms with Gasteiger partial charge in [0.15, 0.2) is 0 Å². The van der Waals surface area contributed by atoms with E-state index in [4.69, 9.17) is 0 Å². The lowest BCUT2D eigenvalue weighted by molar-refractivity contribution is 0.440. The Balaban J connectivity index is 1.90. The smallest absolute Gasteiger partial charge is 0.200 e. The highest BCUT2D eigenvalue weighted by Crippen LogP contribution is 2.40. The van der Waals surface area contributed by atoms with Gasteiger partial charge in [0.05, 0.1) is 8.95 Å². The molecule has 2 unspecified atom stereocenters. The van der Waals surface area contributed by atoms with E-state index in [1.807, 2.05) is 6.07 Å². The molecule has 0 heterocycles. The lowest BCUT2D eigenvalue weighted by Crippen LogP contribution is -2.10. The van der Waals surface area contributed by atoms with Gasteiger partial charge in [-0.1, -0.05) is 105 Å². The van der Waals surface area contributed by atoms with Crippen LogP contribution in [0, 0.1) is 11.8 Å². The van der Waals surface area contributed by atoms with Gasteiger partial charge >= 0.3 is 0 Å². The van der Waals surface area contributed by atoms with Crippen LogP contribution in [0.1, 0.15) is 116 Å². The number of hydrogen-bond acceptors (Lipinski definition) is 2. The standard InChI is InChI=1S/C36H46Br2O2/c1-5-9-11-13-15-23(7-3)17-27-29-21-26-25(20-32(37)35(26)39)19-28(29)30(34-31(27)22-33(38)36(34)40)18-24(8-4)16-14-12-10-6-2/h19-24H,5-18H2,1-4H3. The van der Waals surface area contributed by atoms with Gasteiger partial charge in [0.25, 0.3) is 0 Å². The van der Waals surface area contributed by atoms with Crippen LogP contribution in [0.25, 0.3) is 32.3 Å². The molecule has 4 aromatic rings. The van der Waals surface area contributed by atoms with Crippen molar-refractivity contribution in [2.24, 2.45) is 11.8 Å². The van der Waals surface area contributed by atoms with Crippen LogP contribution in [0.4, 0.5) is 0 Å². The first kappa shape index (κ1) is 31.4. The number of benzene rings is 2. The van der Waals surface area contributed by atoms with Crippen LogP contribution < -0.4 is 10.9 Å². The second kappa shape index (κ2) is 14.6. The van der Waals surface area contributed by atoms with Crippen molar-refractivity contribution >= 4 is 64.2 Å². The first-order chi connectivity index (χ1) is 19.3. The molecule has 4 rings (SSSR count). The summed E-state index contributed by atoms with van der Waals surface area (Å²) in [5, 5.41) is 6.11. The van der Waals surface area contributed by atoms with Crippen molar-refractivity contribution in [3.8, 4) is 0 Å². The van der Waals surface area contributed by atoms with Gasteiger partial charge in [-0.05, 0) is 113 Å². The van der Waals surface area contributed by atoms with Gasteiger partial charge in [-0.2, -0.15) is 0 Å². The Morgan fingerprint density at radius 3 is 1.70 bits per heavy atom. The third-order valence-corrected chi connectivity index (χ3v) is 10.4. The molecule has 0 N–H and O–H groups in total. The van der Waals surface area contributed by atoms with Crippen molar-refractivity contribution in [2.45, 2.75) is 118 Å². The van der Waals surface area contributed by atoms with E-state index in [1.165, 1.54) is 86.1 Å². The summed E-state index contributed by atoms with van der Waals surface area (Å²) in [5.41, 5.74) is 2.63. The topological polar surface area (TPSA) is 34.1 Å². The molecule has 0 radical (unpaired) electrons. The average Bonchev–Trinajstić information content (AvgIpc) is 3.40. The van der Waals surface area contributed by atoms with Crippen LogP contribution in [0.3, 0.4) is 0 Å². The third-order valence-electron chi connectivity index (χ3n) is 9.27. The Hall–Kier alpha value is -1.52. The molecule has 0 fully saturated rings. The third kappa shape index (κ3) is 6.75. The summed E-state index contributed by atoms with van der Waals surface area (Å²) in [5.74, 6) is 1.11. The highest BCUT2D eigenvalue weighted by atomic mass is 79.9. The molecule has 0 aliphatic carbocycles. The molecule has 0 aliphatic heterocycles. The van der Waals surface area contributed by atoms with E-state index in [2.05, 4.69) is 77.8 Å². The van der Waals surface area contributed by atoms with Crippen LogP contribution in [-0.2, 0) is 12.8 Å². The van der Waals surface area contributed by atoms with E-state index in [-0.39, 0.29) is 10.9 Å². The first-order valence-corrected chi connectivity index (χ1v) is 17.4. The zero-order valence-corrected chi connectivity index (χ0v) is 28.1. The van der Waals surface area contributed by atoms with E-state index in [0.717, 1.165) is 47.2 Å². The van der Waals surface area contributed by atoms with E-state index in [0.29, 0.717) is 20.8 Å². The zero-order chi connectivity index (χ0) is 28.8. The van der Waals surface area contributed by atoms with Gasteiger partial charge in [-0.3, -0.25) is 9.59 Å². The minimum atomic E-state index is 0.0617. The highest BCUT2D eigenvalue weighted by molar-refractivity contribution is 9.10. The Morgan fingerprint density at radius 2 is 1.12 bits per heavy atom. The molecule has 40 heavy (non-hydrogen) atoms. The summed E-state index contributed by atoms with van der Waals surface area (Å²) in [6.45, 7) is 9.11. The number of rotatable bonds is 16. The molecule has 0 saturated carbocycles. The second-order valence-corrected chi connectivity index (χ2v) is 13.7. The largest absolute Gasteiger partial charge is 0.288 e. The molecule has 4 heteroatoms. The number of halogens is 2. The average molecular weight is 671 g/mol. The van der Waals surface area contributed by atoms with Gasteiger partial charge in [0.2, 0.25) is 10.9 Å². The van der Waals surface area contributed by atoms with Gasteiger partial charge < -0.3 is 0 Å². The van der Waals surface area contributed by atoms with Crippen LogP contribution in [0.2, 0.25) is 0 Å². The monoisotopic (exact) mass is 668 g/mol. The molecule has 0 spiro atoms.